The molecule has 0 aromatic carbocycles. The van der Waals surface area contributed by atoms with E-state index in [0.717, 1.165) is 12.8 Å². The van der Waals surface area contributed by atoms with Crippen LogP contribution in [0.4, 0.5) is 0 Å². The molecule has 0 bridgehead atoms. The molecule has 0 atom stereocenters. The Bertz CT molecular complexity index is 316. The topological polar surface area (TPSA) is 69.7 Å². The van der Waals surface area contributed by atoms with E-state index in [4.69, 9.17) is 0 Å². The van der Waals surface area contributed by atoms with Crippen molar-refractivity contribution in [3.05, 3.63) is 0 Å². The van der Waals surface area contributed by atoms with E-state index in [1.807, 2.05) is 0 Å². The van der Waals surface area contributed by atoms with Gasteiger partial charge >= 0.3 is 10.4 Å². The highest BCUT2D eigenvalue weighted by atomic mass is 32.4. The normalized spacial score (nSPS) is 25.6. The molecule has 1 aliphatic heterocycles. The first-order chi connectivity index (χ1) is 6.33. The summed E-state index contributed by atoms with van der Waals surface area (Å²) in [6.45, 7) is 4.20. The SMILES string of the molecule is CC(C)CCCC[SH]1(=O)OS(=O)(=O)O1. The van der Waals surface area contributed by atoms with Crippen LogP contribution in [0, 0.1) is 5.92 Å². The molecule has 0 aromatic heterocycles. The minimum absolute atomic E-state index is 0.193. The molecule has 0 N–H and O–H groups in total. The second-order valence-corrected chi connectivity index (χ2v) is 7.46. The Balaban J connectivity index is 2.18. The van der Waals surface area contributed by atoms with E-state index in [2.05, 4.69) is 21.1 Å². The molecule has 5 nitrogen and oxygen atoms in total. The maximum atomic E-state index is 11.3. The van der Waals surface area contributed by atoms with Crippen molar-refractivity contribution in [2.24, 2.45) is 5.92 Å². The Morgan fingerprint density at radius 1 is 1.21 bits per heavy atom. The fourth-order valence-electron chi connectivity index (χ4n) is 1.22. The van der Waals surface area contributed by atoms with Crippen LogP contribution in [-0.4, -0.2) is 18.4 Å². The Morgan fingerprint density at radius 3 is 2.21 bits per heavy atom. The van der Waals surface area contributed by atoms with Crippen molar-refractivity contribution in [3.63, 3.8) is 0 Å². The van der Waals surface area contributed by atoms with Gasteiger partial charge in [0, 0.05) is 5.75 Å². The van der Waals surface area contributed by atoms with Crippen LogP contribution in [0.25, 0.3) is 0 Å². The first-order valence-electron chi connectivity index (χ1n) is 4.59. The molecule has 7 heteroatoms. The van der Waals surface area contributed by atoms with Gasteiger partial charge in [-0.3, -0.25) is 0 Å². The van der Waals surface area contributed by atoms with Crippen LogP contribution in [0.2, 0.25) is 0 Å². The number of rotatable bonds is 5. The quantitative estimate of drug-likeness (QED) is 0.576. The zero-order valence-electron chi connectivity index (χ0n) is 8.30. The van der Waals surface area contributed by atoms with Crippen molar-refractivity contribution in [2.75, 3.05) is 5.75 Å². The minimum atomic E-state index is -3.91. The van der Waals surface area contributed by atoms with Crippen LogP contribution in [0.3, 0.4) is 0 Å². The average molecular weight is 244 g/mol. The summed E-state index contributed by atoms with van der Waals surface area (Å²) < 4.78 is 40.6. The van der Waals surface area contributed by atoms with Crippen LogP contribution >= 0.6 is 0 Å². The third kappa shape index (κ3) is 3.64. The summed E-state index contributed by atoms with van der Waals surface area (Å²) in [6.07, 6.45) is 2.62. The Hall–Kier alpha value is 0.0200. The van der Waals surface area contributed by atoms with Gasteiger partial charge < -0.3 is 0 Å². The minimum Gasteiger partial charge on any atom is -0.232 e. The van der Waals surface area contributed by atoms with Gasteiger partial charge in [0.25, 0.3) is 0 Å². The summed E-state index contributed by atoms with van der Waals surface area (Å²) in [7, 11) is -7.17. The van der Waals surface area contributed by atoms with Crippen LogP contribution in [-0.2, 0) is 28.2 Å². The molecule has 0 radical (unpaired) electrons. The number of thiol groups is 1. The molecule has 0 aromatic rings. The molecular formula is C7H16O5S2. The van der Waals surface area contributed by atoms with Crippen molar-refractivity contribution < 1.29 is 19.9 Å². The zero-order valence-corrected chi connectivity index (χ0v) is 10.0. The predicted molar refractivity (Wildman–Crippen MR) is 54.2 cm³/mol. The first kappa shape index (κ1) is 12.1. The van der Waals surface area contributed by atoms with Crippen LogP contribution in [0.5, 0.6) is 0 Å². The fourth-order valence-corrected chi connectivity index (χ4v) is 4.69. The monoisotopic (exact) mass is 244 g/mol. The maximum absolute atomic E-state index is 11.3. The van der Waals surface area contributed by atoms with Gasteiger partial charge in [0.15, 0.2) is 0 Å². The molecule has 0 saturated carbocycles. The maximum Gasteiger partial charge on any atom is 0.426 e. The molecule has 1 fully saturated rings. The van der Waals surface area contributed by atoms with Gasteiger partial charge in [0.2, 0.25) is 0 Å². The lowest BCUT2D eigenvalue weighted by Gasteiger charge is -2.29. The lowest BCUT2D eigenvalue weighted by atomic mass is 10.1. The number of unbranched alkanes of at least 4 members (excludes halogenated alkanes) is 1. The number of hydrogen-bond donors (Lipinski definition) is 1. The van der Waals surface area contributed by atoms with E-state index in [1.165, 1.54) is 0 Å². The van der Waals surface area contributed by atoms with Crippen molar-refractivity contribution in [1.82, 2.24) is 0 Å². The first-order valence-corrected chi connectivity index (χ1v) is 7.65. The Kier molecular flexibility index (Phi) is 3.68. The van der Waals surface area contributed by atoms with Gasteiger partial charge in [-0.1, -0.05) is 26.7 Å². The summed E-state index contributed by atoms with van der Waals surface area (Å²) >= 11 is 0. The molecule has 1 saturated heterocycles. The average Bonchev–Trinajstić information content (AvgIpc) is 1.93. The third-order valence-corrected chi connectivity index (χ3v) is 6.01. The lowest BCUT2D eigenvalue weighted by molar-refractivity contribution is 0.313. The van der Waals surface area contributed by atoms with Crippen molar-refractivity contribution in [3.8, 4) is 0 Å². The van der Waals surface area contributed by atoms with Crippen LogP contribution < -0.4 is 0 Å². The predicted octanol–water partition coefficient (Wildman–Crippen LogP) is 0.951. The van der Waals surface area contributed by atoms with E-state index in [0.29, 0.717) is 12.3 Å². The summed E-state index contributed by atoms with van der Waals surface area (Å²) in [6, 6.07) is 0. The summed E-state index contributed by atoms with van der Waals surface area (Å²) in [5.41, 5.74) is 0. The van der Waals surface area contributed by atoms with Gasteiger partial charge in [0.05, 0.1) is 0 Å². The molecule has 1 heterocycles. The summed E-state index contributed by atoms with van der Waals surface area (Å²) in [5, 5.41) is 0. The van der Waals surface area contributed by atoms with Gasteiger partial charge in [-0.05, 0) is 12.3 Å². The van der Waals surface area contributed by atoms with E-state index >= 15 is 0 Å². The van der Waals surface area contributed by atoms with Crippen molar-refractivity contribution >= 4 is 20.9 Å². The van der Waals surface area contributed by atoms with Gasteiger partial charge in [0.1, 0.15) is 10.5 Å². The van der Waals surface area contributed by atoms with Crippen molar-refractivity contribution in [2.45, 2.75) is 33.1 Å². The van der Waals surface area contributed by atoms with Crippen molar-refractivity contribution in [1.29, 1.82) is 0 Å². The van der Waals surface area contributed by atoms with Gasteiger partial charge in [-0.2, -0.15) is 8.42 Å². The molecule has 0 unspecified atom stereocenters. The smallest absolute Gasteiger partial charge is 0.232 e. The highest BCUT2D eigenvalue weighted by Crippen LogP contribution is 2.29. The zero-order chi connectivity index (χ0) is 10.8. The molecule has 14 heavy (non-hydrogen) atoms. The molecule has 0 spiro atoms. The van der Waals surface area contributed by atoms with E-state index in [-0.39, 0.29) is 5.75 Å². The molecule has 1 rings (SSSR count). The summed E-state index contributed by atoms with van der Waals surface area (Å²) in [4.78, 5) is 0. The van der Waals surface area contributed by atoms with E-state index < -0.39 is 20.9 Å². The highest BCUT2D eigenvalue weighted by Gasteiger charge is 2.41. The molecule has 0 aliphatic carbocycles. The van der Waals surface area contributed by atoms with Crippen LogP contribution in [0.15, 0.2) is 0 Å². The van der Waals surface area contributed by atoms with E-state index in [1.54, 1.807) is 0 Å². The third-order valence-electron chi connectivity index (χ3n) is 1.87. The molecule has 0 amide bonds. The Morgan fingerprint density at radius 2 is 1.79 bits per heavy atom. The lowest BCUT2D eigenvalue weighted by Crippen LogP contribution is -2.39. The van der Waals surface area contributed by atoms with Gasteiger partial charge in [-0.15, -0.1) is 7.26 Å². The standard InChI is InChI=1S/C7H16O5S2/c1-7(2)5-3-4-6-13(8)11-14(9,10)12-13/h7,13H,3-6H2,1-2H3. The fraction of sp³-hybridized carbons (Fsp3) is 1.00. The largest absolute Gasteiger partial charge is 0.426 e. The van der Waals surface area contributed by atoms with Crippen LogP contribution in [0.1, 0.15) is 33.1 Å². The Labute approximate surface area is 86.0 Å². The highest BCUT2D eigenvalue weighted by molar-refractivity contribution is 8.14. The van der Waals surface area contributed by atoms with Gasteiger partial charge in [-0.25, -0.2) is 4.21 Å². The molecule has 1 aliphatic rings. The molecule has 86 valence electrons. The second-order valence-electron chi connectivity index (χ2n) is 3.78. The summed E-state index contributed by atoms with van der Waals surface area (Å²) in [5.74, 6) is 0.793. The second kappa shape index (κ2) is 4.26. The molecular weight excluding hydrogens is 228 g/mol. The number of hydrogen-bond acceptors (Lipinski definition) is 5. The van der Waals surface area contributed by atoms with E-state index in [9.17, 15) is 12.6 Å².